The Balaban J connectivity index is 2.84. The van der Waals surface area contributed by atoms with Crippen LogP contribution in [-0.2, 0) is 0 Å². The Morgan fingerprint density at radius 2 is 2.09 bits per heavy atom. The Bertz CT molecular complexity index is 208. The lowest BCUT2D eigenvalue weighted by atomic mass is 10.1. The molecular formula is C6H5BrF3N. The molecule has 62 valence electrons. The molecule has 1 unspecified atom stereocenters. The smallest absolute Gasteiger partial charge is 0.291 e. The molecule has 0 aromatic rings. The molecule has 1 aliphatic heterocycles. The lowest BCUT2D eigenvalue weighted by Gasteiger charge is -2.26. The average Bonchev–Trinajstić information content (AvgIpc) is 1.87. The topological polar surface area (TPSA) is 12.4 Å². The van der Waals surface area contributed by atoms with Crippen LogP contribution in [-0.4, -0.2) is 23.3 Å². The van der Waals surface area contributed by atoms with Gasteiger partial charge < -0.3 is 0 Å². The van der Waals surface area contributed by atoms with E-state index >= 15 is 0 Å². The summed E-state index contributed by atoms with van der Waals surface area (Å²) in [6, 6.07) is 0. The molecule has 0 fully saturated rings. The molecule has 0 N–H and O–H groups in total. The maximum atomic E-state index is 12.2. The number of hydrogen-bond donors (Lipinski definition) is 0. The van der Waals surface area contributed by atoms with Crippen LogP contribution in [0.2, 0.25) is 0 Å². The number of halogens is 4. The van der Waals surface area contributed by atoms with E-state index in [-0.39, 0.29) is 6.54 Å². The first-order valence-corrected chi connectivity index (χ1v) is 3.68. The Kier molecular flexibility index (Phi) is 2.09. The predicted octanol–water partition coefficient (Wildman–Crippen LogP) is 2.32. The minimum atomic E-state index is -4.28. The zero-order valence-electron chi connectivity index (χ0n) is 5.40. The summed E-state index contributed by atoms with van der Waals surface area (Å²) in [6.45, 7) is -0.285. The summed E-state index contributed by atoms with van der Waals surface area (Å²) in [5.74, 6) is 0. The SMILES string of the molecule is FC(F)(F)C1(Br)C=CC=NC1. The van der Waals surface area contributed by atoms with Crippen molar-refractivity contribution in [2.24, 2.45) is 4.99 Å². The maximum absolute atomic E-state index is 12.2. The number of allylic oxidation sites excluding steroid dienone is 1. The third-order valence-corrected chi connectivity index (χ3v) is 2.31. The second-order valence-corrected chi connectivity index (χ2v) is 3.62. The molecule has 0 aromatic carbocycles. The van der Waals surface area contributed by atoms with Gasteiger partial charge in [0.05, 0.1) is 6.54 Å². The minimum Gasteiger partial charge on any atom is -0.291 e. The van der Waals surface area contributed by atoms with E-state index in [0.29, 0.717) is 0 Å². The van der Waals surface area contributed by atoms with Crippen molar-refractivity contribution < 1.29 is 13.2 Å². The van der Waals surface area contributed by atoms with Crippen LogP contribution in [0.5, 0.6) is 0 Å². The van der Waals surface area contributed by atoms with Crippen LogP contribution in [0.3, 0.4) is 0 Å². The monoisotopic (exact) mass is 227 g/mol. The van der Waals surface area contributed by atoms with E-state index in [1.165, 1.54) is 12.3 Å². The number of aliphatic imine (C=N–C) groups is 1. The van der Waals surface area contributed by atoms with Gasteiger partial charge >= 0.3 is 6.18 Å². The van der Waals surface area contributed by atoms with Gasteiger partial charge in [-0.2, -0.15) is 13.2 Å². The van der Waals surface area contributed by atoms with Crippen LogP contribution in [0.15, 0.2) is 17.1 Å². The number of nitrogens with zero attached hydrogens (tertiary/aromatic N) is 1. The van der Waals surface area contributed by atoms with E-state index in [4.69, 9.17) is 0 Å². The highest BCUT2D eigenvalue weighted by atomic mass is 79.9. The molecule has 1 aliphatic rings. The van der Waals surface area contributed by atoms with Crippen molar-refractivity contribution in [2.75, 3.05) is 6.54 Å². The fraction of sp³-hybridized carbons (Fsp3) is 0.500. The lowest BCUT2D eigenvalue weighted by Crippen LogP contribution is -2.41. The van der Waals surface area contributed by atoms with Gasteiger partial charge in [0.2, 0.25) is 0 Å². The zero-order valence-corrected chi connectivity index (χ0v) is 6.98. The van der Waals surface area contributed by atoms with Gasteiger partial charge in [-0.25, -0.2) is 0 Å². The Morgan fingerprint density at radius 1 is 1.45 bits per heavy atom. The van der Waals surface area contributed by atoms with Crippen molar-refractivity contribution in [1.82, 2.24) is 0 Å². The van der Waals surface area contributed by atoms with Gasteiger partial charge in [0.15, 0.2) is 4.32 Å². The number of dihydropyridines is 1. The van der Waals surface area contributed by atoms with E-state index in [1.54, 1.807) is 0 Å². The summed E-state index contributed by atoms with van der Waals surface area (Å²) in [4.78, 5) is 3.52. The molecule has 1 atom stereocenters. The standard InChI is InChI=1S/C6H5BrF3N/c7-5(6(8,9)10)2-1-3-11-4-5/h1-3H,4H2. The van der Waals surface area contributed by atoms with Crippen LogP contribution < -0.4 is 0 Å². The van der Waals surface area contributed by atoms with E-state index in [0.717, 1.165) is 6.08 Å². The molecule has 0 saturated heterocycles. The van der Waals surface area contributed by atoms with Crippen molar-refractivity contribution in [1.29, 1.82) is 0 Å². The first kappa shape index (κ1) is 8.77. The van der Waals surface area contributed by atoms with Crippen molar-refractivity contribution in [3.8, 4) is 0 Å². The van der Waals surface area contributed by atoms with Gasteiger partial charge in [-0.3, -0.25) is 4.99 Å². The summed E-state index contributed by atoms with van der Waals surface area (Å²) >= 11 is 2.59. The molecule has 0 radical (unpaired) electrons. The summed E-state index contributed by atoms with van der Waals surface area (Å²) in [5.41, 5.74) is 0. The van der Waals surface area contributed by atoms with Crippen LogP contribution in [0.25, 0.3) is 0 Å². The second kappa shape index (κ2) is 2.62. The van der Waals surface area contributed by atoms with Gasteiger partial charge in [0, 0.05) is 6.21 Å². The Labute approximate surface area is 70.1 Å². The van der Waals surface area contributed by atoms with Gasteiger partial charge in [-0.1, -0.05) is 22.0 Å². The largest absolute Gasteiger partial charge is 0.409 e. The molecule has 1 rings (SSSR count). The lowest BCUT2D eigenvalue weighted by molar-refractivity contribution is -0.143. The van der Waals surface area contributed by atoms with E-state index in [1.807, 2.05) is 0 Å². The Morgan fingerprint density at radius 3 is 2.36 bits per heavy atom. The van der Waals surface area contributed by atoms with Gasteiger partial charge in [-0.15, -0.1) is 0 Å². The molecule has 11 heavy (non-hydrogen) atoms. The summed E-state index contributed by atoms with van der Waals surface area (Å²) in [7, 11) is 0. The third-order valence-electron chi connectivity index (χ3n) is 1.34. The Hall–Kier alpha value is -0.320. The number of rotatable bonds is 0. The van der Waals surface area contributed by atoms with Gasteiger partial charge in [0.25, 0.3) is 0 Å². The number of hydrogen-bond acceptors (Lipinski definition) is 1. The van der Waals surface area contributed by atoms with Crippen LogP contribution in [0.1, 0.15) is 0 Å². The first-order valence-electron chi connectivity index (χ1n) is 2.89. The van der Waals surface area contributed by atoms with E-state index in [2.05, 4.69) is 20.9 Å². The fourth-order valence-electron chi connectivity index (χ4n) is 0.679. The highest BCUT2D eigenvalue weighted by molar-refractivity contribution is 9.10. The van der Waals surface area contributed by atoms with E-state index < -0.39 is 10.5 Å². The zero-order chi connectivity index (χ0) is 8.54. The molecule has 0 saturated carbocycles. The highest BCUT2D eigenvalue weighted by Crippen LogP contribution is 2.40. The second-order valence-electron chi connectivity index (χ2n) is 2.21. The summed E-state index contributed by atoms with van der Waals surface area (Å²) < 4.78 is 34.5. The average molecular weight is 228 g/mol. The fourth-order valence-corrected chi connectivity index (χ4v) is 0.976. The van der Waals surface area contributed by atoms with Crippen molar-refractivity contribution in [2.45, 2.75) is 10.5 Å². The molecule has 1 nitrogen and oxygen atoms in total. The van der Waals surface area contributed by atoms with Crippen molar-refractivity contribution in [3.05, 3.63) is 12.2 Å². The molecule has 0 aliphatic carbocycles. The molecule has 0 aromatic heterocycles. The molecule has 5 heteroatoms. The molecular weight excluding hydrogens is 223 g/mol. The maximum Gasteiger partial charge on any atom is 0.409 e. The molecule has 0 bridgehead atoms. The van der Waals surface area contributed by atoms with Crippen LogP contribution in [0.4, 0.5) is 13.2 Å². The summed E-state index contributed by atoms with van der Waals surface area (Å²) in [5, 5.41) is 0. The van der Waals surface area contributed by atoms with Crippen molar-refractivity contribution in [3.63, 3.8) is 0 Å². The van der Waals surface area contributed by atoms with Crippen LogP contribution >= 0.6 is 15.9 Å². The van der Waals surface area contributed by atoms with Gasteiger partial charge in [0.1, 0.15) is 0 Å². The van der Waals surface area contributed by atoms with Crippen LogP contribution in [0, 0.1) is 0 Å². The predicted molar refractivity (Wildman–Crippen MR) is 40.2 cm³/mol. The normalized spacial score (nSPS) is 30.9. The molecule has 1 heterocycles. The highest BCUT2D eigenvalue weighted by Gasteiger charge is 2.51. The number of alkyl halides is 4. The third kappa shape index (κ3) is 1.64. The quantitative estimate of drug-likeness (QED) is 0.564. The van der Waals surface area contributed by atoms with Crippen molar-refractivity contribution >= 4 is 22.1 Å². The molecule has 0 spiro atoms. The summed E-state index contributed by atoms with van der Waals surface area (Å²) in [6.07, 6.45) is -0.585. The van der Waals surface area contributed by atoms with Gasteiger partial charge in [-0.05, 0) is 6.08 Å². The molecule has 0 amide bonds. The van der Waals surface area contributed by atoms with E-state index in [9.17, 15) is 13.2 Å². The first-order chi connectivity index (χ1) is 4.96. The minimum absolute atomic E-state index is 0.285.